The van der Waals surface area contributed by atoms with Crippen LogP contribution in [0.2, 0.25) is 0 Å². The Labute approximate surface area is 265 Å². The first-order valence-corrected chi connectivity index (χ1v) is 14.4. The molecule has 0 radical (unpaired) electrons. The Morgan fingerprint density at radius 2 is 1.13 bits per heavy atom. The van der Waals surface area contributed by atoms with Gasteiger partial charge in [-0.15, -0.1) is 0 Å². The minimum atomic E-state index is -0.904. The van der Waals surface area contributed by atoms with Gasteiger partial charge in [0, 0.05) is 6.42 Å². The minimum Gasteiger partial charge on any atom is -0.434 e. The largest absolute Gasteiger partial charge is 0.513 e. The monoisotopic (exact) mass is 635 g/mol. The highest BCUT2D eigenvalue weighted by atomic mass is 16.7. The van der Waals surface area contributed by atoms with Crippen molar-refractivity contribution in [3.63, 3.8) is 0 Å². The van der Waals surface area contributed by atoms with Gasteiger partial charge in [-0.2, -0.15) is 0 Å². The summed E-state index contributed by atoms with van der Waals surface area (Å²) in [4.78, 5) is 58.0. The number of ether oxygens (including phenoxy) is 7. The predicted molar refractivity (Wildman–Crippen MR) is 165 cm³/mol. The zero-order chi connectivity index (χ0) is 33.3. The standard InChI is InChI=1S/C34H34O12/c1-4-6-19-41-33(38)44-27-15-11-25(12-16-27)32(37)46-29-18-17-28(22-23(29)3)43-31(36)24-9-13-26(14-10-24)45-34(39)42-21-8-7-20-40-30(35)5-2/h5,9-18,22H,2,4,6-8,19-21H2,1,3H3/p+1. The van der Waals surface area contributed by atoms with E-state index in [2.05, 4.69) is 6.58 Å². The Hall–Kier alpha value is -5.65. The summed E-state index contributed by atoms with van der Waals surface area (Å²) in [5.41, 5.74) is 0.972. The van der Waals surface area contributed by atoms with Gasteiger partial charge in [-0.25, -0.2) is 19.2 Å². The molecule has 0 atom stereocenters. The number of aryl methyl sites for hydroxylation is 1. The molecule has 0 aliphatic rings. The van der Waals surface area contributed by atoms with E-state index < -0.39 is 24.2 Å². The highest BCUT2D eigenvalue weighted by Crippen LogP contribution is 2.26. The first-order valence-electron chi connectivity index (χ1n) is 14.4. The molecule has 0 aromatic heterocycles. The maximum atomic E-state index is 12.6. The number of carbonyl (C=O) groups excluding carboxylic acids is 5. The van der Waals surface area contributed by atoms with Gasteiger partial charge in [0.2, 0.25) is 0 Å². The number of hydrogen-bond donors (Lipinski definition) is 0. The van der Waals surface area contributed by atoms with Crippen molar-refractivity contribution in [2.45, 2.75) is 39.5 Å². The molecular weight excluding hydrogens is 600 g/mol. The molecule has 0 spiro atoms. The van der Waals surface area contributed by atoms with Gasteiger partial charge in [0.1, 0.15) is 23.0 Å². The molecule has 242 valence electrons. The quantitative estimate of drug-likeness (QED) is 0.0331. The predicted octanol–water partition coefficient (Wildman–Crippen LogP) is 6.75. The molecule has 0 aliphatic heterocycles. The SMILES string of the molecule is C=CC(=[OH+])OCCCCOC(=O)Oc1ccc(C(=O)Oc2ccc(OC(=O)c3ccc(OC(=O)OCCCC)cc3)c(C)c2)cc1. The van der Waals surface area contributed by atoms with E-state index in [9.17, 15) is 19.2 Å². The van der Waals surface area contributed by atoms with Crippen molar-refractivity contribution in [3.05, 3.63) is 96.1 Å². The van der Waals surface area contributed by atoms with Crippen molar-refractivity contribution in [2.24, 2.45) is 0 Å². The third-order valence-corrected chi connectivity index (χ3v) is 6.04. The molecule has 46 heavy (non-hydrogen) atoms. The average Bonchev–Trinajstić information content (AvgIpc) is 3.04. The van der Waals surface area contributed by atoms with Crippen LogP contribution >= 0.6 is 0 Å². The third-order valence-electron chi connectivity index (χ3n) is 6.04. The zero-order valence-electron chi connectivity index (χ0n) is 25.5. The molecule has 12 heteroatoms. The second kappa shape index (κ2) is 18.2. The smallest absolute Gasteiger partial charge is 0.434 e. The lowest BCUT2D eigenvalue weighted by Crippen LogP contribution is -2.13. The fraction of sp³-hybridized carbons (Fsp3) is 0.265. The van der Waals surface area contributed by atoms with Crippen LogP contribution in [0.3, 0.4) is 0 Å². The van der Waals surface area contributed by atoms with Gasteiger partial charge in [0.05, 0.1) is 30.4 Å². The molecule has 0 amide bonds. The summed E-state index contributed by atoms with van der Waals surface area (Å²) in [6.07, 6.45) is 2.11. The number of rotatable bonds is 15. The molecule has 0 bridgehead atoms. The first kappa shape index (κ1) is 34.8. The van der Waals surface area contributed by atoms with Gasteiger partial charge in [-0.3, -0.25) is 0 Å². The normalized spacial score (nSPS) is 10.2. The van der Waals surface area contributed by atoms with Crippen LogP contribution in [0.25, 0.3) is 0 Å². The van der Waals surface area contributed by atoms with E-state index in [0.29, 0.717) is 18.4 Å². The van der Waals surface area contributed by atoms with Crippen LogP contribution in [0.1, 0.15) is 58.9 Å². The lowest BCUT2D eigenvalue weighted by molar-refractivity contribution is 0.0718. The summed E-state index contributed by atoms with van der Waals surface area (Å²) < 4.78 is 35.9. The summed E-state index contributed by atoms with van der Waals surface area (Å²) in [6.45, 7) is 7.63. The molecule has 3 aromatic rings. The summed E-state index contributed by atoms with van der Waals surface area (Å²) in [5.74, 6) is -0.680. The Kier molecular flexibility index (Phi) is 13.8. The minimum absolute atomic E-state index is 0.0973. The van der Waals surface area contributed by atoms with Gasteiger partial charge in [-0.05, 0) is 92.1 Å². The first-order chi connectivity index (χ1) is 22.2. The van der Waals surface area contributed by atoms with Crippen molar-refractivity contribution < 1.29 is 57.1 Å². The van der Waals surface area contributed by atoms with Crippen LogP contribution in [0.5, 0.6) is 23.0 Å². The van der Waals surface area contributed by atoms with E-state index >= 15 is 0 Å². The molecular formula is C34H35O12+. The van der Waals surface area contributed by atoms with E-state index in [0.717, 1.165) is 12.8 Å². The Bertz CT molecular complexity index is 1510. The van der Waals surface area contributed by atoms with Gasteiger partial charge in [-0.1, -0.05) is 19.9 Å². The van der Waals surface area contributed by atoms with Crippen molar-refractivity contribution >= 4 is 30.2 Å². The fourth-order valence-electron chi connectivity index (χ4n) is 3.59. The Morgan fingerprint density at radius 3 is 1.63 bits per heavy atom. The van der Waals surface area contributed by atoms with Crippen LogP contribution < -0.4 is 18.9 Å². The van der Waals surface area contributed by atoms with Gasteiger partial charge in [0.25, 0.3) is 0 Å². The molecule has 1 N–H and O–H groups in total. The lowest BCUT2D eigenvalue weighted by atomic mass is 10.2. The summed E-state index contributed by atoms with van der Waals surface area (Å²) in [5, 5.41) is 0. The molecule has 0 aliphatic carbocycles. The molecule has 0 saturated carbocycles. The maximum Gasteiger partial charge on any atom is 0.513 e. The van der Waals surface area contributed by atoms with Gasteiger partial charge in [0.15, 0.2) is 6.61 Å². The highest BCUT2D eigenvalue weighted by Gasteiger charge is 2.15. The fourth-order valence-corrected chi connectivity index (χ4v) is 3.59. The zero-order valence-corrected chi connectivity index (χ0v) is 25.5. The Morgan fingerprint density at radius 1 is 0.652 bits per heavy atom. The van der Waals surface area contributed by atoms with Gasteiger partial charge < -0.3 is 38.0 Å². The summed E-state index contributed by atoms with van der Waals surface area (Å²) in [7, 11) is 0. The molecule has 3 rings (SSSR count). The highest BCUT2D eigenvalue weighted by molar-refractivity contribution is 5.92. The second-order valence-corrected chi connectivity index (χ2v) is 9.61. The van der Waals surface area contributed by atoms with Crippen LogP contribution in [0.15, 0.2) is 79.4 Å². The van der Waals surface area contributed by atoms with E-state index in [4.69, 9.17) is 38.0 Å². The van der Waals surface area contributed by atoms with E-state index in [1.54, 1.807) is 13.0 Å². The van der Waals surface area contributed by atoms with Crippen LogP contribution in [0.4, 0.5) is 9.59 Å². The maximum absolute atomic E-state index is 12.6. The summed E-state index contributed by atoms with van der Waals surface area (Å²) >= 11 is 0. The average molecular weight is 636 g/mol. The second-order valence-electron chi connectivity index (χ2n) is 9.61. The van der Waals surface area contributed by atoms with Gasteiger partial charge >= 0.3 is 30.2 Å². The van der Waals surface area contributed by atoms with Crippen molar-refractivity contribution in [1.82, 2.24) is 0 Å². The molecule has 0 fully saturated rings. The van der Waals surface area contributed by atoms with Crippen LogP contribution in [-0.4, -0.2) is 54.8 Å². The number of hydrogen-bond acceptors (Lipinski definition) is 11. The van der Waals surface area contributed by atoms with E-state index in [1.807, 2.05) is 6.92 Å². The Balaban J connectivity index is 1.45. The molecule has 3 aromatic carbocycles. The van der Waals surface area contributed by atoms with Crippen LogP contribution in [-0.2, 0) is 14.2 Å². The van der Waals surface area contributed by atoms with E-state index in [-0.39, 0.29) is 59.9 Å². The molecule has 0 unspecified atom stereocenters. The number of benzene rings is 3. The van der Waals surface area contributed by atoms with E-state index in [1.165, 1.54) is 66.7 Å². The molecule has 0 saturated heterocycles. The molecule has 12 nitrogen and oxygen atoms in total. The number of unbranched alkanes of at least 4 members (excludes halogenated alkanes) is 2. The van der Waals surface area contributed by atoms with Crippen LogP contribution in [0, 0.1) is 6.92 Å². The van der Waals surface area contributed by atoms with Crippen molar-refractivity contribution in [1.29, 1.82) is 0 Å². The summed E-state index contributed by atoms with van der Waals surface area (Å²) in [6, 6.07) is 16.0. The third kappa shape index (κ3) is 11.8. The number of esters is 3. The topological polar surface area (TPSA) is 154 Å². The lowest BCUT2D eigenvalue weighted by Gasteiger charge is -2.11. The molecule has 0 heterocycles. The number of carbonyl (C=O) groups is 4. The van der Waals surface area contributed by atoms with Crippen molar-refractivity contribution in [2.75, 3.05) is 19.8 Å². The van der Waals surface area contributed by atoms with Crippen molar-refractivity contribution in [3.8, 4) is 23.0 Å².